The van der Waals surface area contributed by atoms with Gasteiger partial charge in [-0.25, -0.2) is 9.97 Å². The van der Waals surface area contributed by atoms with Crippen molar-refractivity contribution in [2.24, 2.45) is 0 Å². The highest BCUT2D eigenvalue weighted by Crippen LogP contribution is 2.29. The van der Waals surface area contributed by atoms with Crippen molar-refractivity contribution in [2.45, 2.75) is 6.92 Å². The molecule has 0 aromatic carbocycles. The van der Waals surface area contributed by atoms with Gasteiger partial charge in [0.05, 0.1) is 0 Å². The van der Waals surface area contributed by atoms with Gasteiger partial charge < -0.3 is 14.8 Å². The number of halogens is 2. The van der Waals surface area contributed by atoms with Gasteiger partial charge in [0.1, 0.15) is 18.1 Å². The summed E-state index contributed by atoms with van der Waals surface area (Å²) in [5.41, 5.74) is 0.0540. The molecule has 0 N–H and O–H groups in total. The lowest BCUT2D eigenvalue weighted by Crippen LogP contribution is -2.41. The van der Waals surface area contributed by atoms with E-state index in [1.165, 1.54) is 0 Å². The predicted molar refractivity (Wildman–Crippen MR) is 50.5 cm³/mol. The Morgan fingerprint density at radius 1 is 1.50 bits per heavy atom. The number of nitrogens with zero attached hydrogens (tertiary/aromatic N) is 3. The zero-order valence-electron chi connectivity index (χ0n) is 7.20. The smallest absolute Gasteiger partial charge is 0.157 e. The van der Waals surface area contributed by atoms with E-state index in [4.69, 9.17) is 23.2 Å². The van der Waals surface area contributed by atoms with E-state index in [1.807, 2.05) is 0 Å². The maximum atomic E-state index is 10.7. The average Bonchev–Trinajstić information content (AvgIpc) is 2.10. The molecule has 0 radical (unpaired) electrons. The van der Waals surface area contributed by atoms with Crippen molar-refractivity contribution in [2.75, 3.05) is 11.4 Å². The normalized spacial score (nSPS) is 9.93. The van der Waals surface area contributed by atoms with Crippen molar-refractivity contribution in [1.29, 1.82) is 0 Å². The van der Waals surface area contributed by atoms with Crippen LogP contribution in [0.4, 0.5) is 10.5 Å². The molecule has 0 bridgehead atoms. The fourth-order valence-electron chi connectivity index (χ4n) is 0.939. The molecule has 1 aromatic heterocycles. The maximum absolute atomic E-state index is 10.7. The van der Waals surface area contributed by atoms with Crippen LogP contribution in [0.1, 0.15) is 6.92 Å². The maximum Gasteiger partial charge on any atom is 0.157 e. The molecule has 1 aromatic rings. The van der Waals surface area contributed by atoms with Crippen LogP contribution in [-0.4, -0.2) is 22.6 Å². The Labute approximate surface area is 90.3 Å². The fraction of sp³-hybridized carbons (Fsp3) is 0.286. The summed E-state index contributed by atoms with van der Waals surface area (Å²) in [6.07, 6.45) is -0.247. The molecule has 1 amide bonds. The van der Waals surface area contributed by atoms with Crippen molar-refractivity contribution < 1.29 is 9.90 Å². The van der Waals surface area contributed by atoms with Gasteiger partial charge in [-0.15, -0.1) is 0 Å². The molecule has 0 spiro atoms. The van der Waals surface area contributed by atoms with Crippen LogP contribution in [0.3, 0.4) is 0 Å². The Hall–Kier alpha value is -1.07. The lowest BCUT2D eigenvalue weighted by molar-refractivity contribution is -0.246. The SMILES string of the molecule is CCN(C(=O)[O-])c1c(Cl)ncnc1Cl. The van der Waals surface area contributed by atoms with Gasteiger partial charge in [-0.1, -0.05) is 23.2 Å². The third-order valence-corrected chi connectivity index (χ3v) is 2.09. The second-order valence-electron chi connectivity index (χ2n) is 2.31. The first kappa shape index (κ1) is 11.0. The monoisotopic (exact) mass is 234 g/mol. The number of rotatable bonds is 2. The molecule has 1 heterocycles. The third-order valence-electron chi connectivity index (χ3n) is 1.54. The molecule has 7 heteroatoms. The van der Waals surface area contributed by atoms with Crippen molar-refractivity contribution >= 4 is 35.0 Å². The van der Waals surface area contributed by atoms with E-state index in [2.05, 4.69) is 9.97 Å². The van der Waals surface area contributed by atoms with E-state index < -0.39 is 6.09 Å². The highest BCUT2D eigenvalue weighted by Gasteiger charge is 2.15. The summed E-state index contributed by atoms with van der Waals surface area (Å²) in [6, 6.07) is 0. The number of anilines is 1. The molecule has 0 saturated carbocycles. The summed E-state index contributed by atoms with van der Waals surface area (Å²) in [5, 5.41) is 10.6. The van der Waals surface area contributed by atoms with Gasteiger partial charge in [0.25, 0.3) is 0 Å². The van der Waals surface area contributed by atoms with Gasteiger partial charge in [-0.3, -0.25) is 0 Å². The Morgan fingerprint density at radius 2 is 2.00 bits per heavy atom. The lowest BCUT2D eigenvalue weighted by atomic mass is 10.4. The quantitative estimate of drug-likeness (QED) is 0.715. The molecule has 0 aliphatic carbocycles. The molecule has 0 fully saturated rings. The third kappa shape index (κ3) is 2.05. The molecular weight excluding hydrogens is 229 g/mol. The van der Waals surface area contributed by atoms with Crippen LogP contribution < -0.4 is 10.0 Å². The minimum atomic E-state index is -1.40. The summed E-state index contributed by atoms with van der Waals surface area (Å²) in [4.78, 5) is 18.8. The van der Waals surface area contributed by atoms with Crippen molar-refractivity contribution in [3.63, 3.8) is 0 Å². The van der Waals surface area contributed by atoms with Gasteiger partial charge >= 0.3 is 0 Å². The van der Waals surface area contributed by atoms with Crippen molar-refractivity contribution in [3.8, 4) is 0 Å². The first-order valence-electron chi connectivity index (χ1n) is 3.72. The highest BCUT2D eigenvalue weighted by molar-refractivity contribution is 6.38. The molecule has 76 valence electrons. The first-order chi connectivity index (χ1) is 6.57. The Kier molecular flexibility index (Phi) is 3.49. The molecule has 0 atom stereocenters. The second kappa shape index (κ2) is 4.43. The van der Waals surface area contributed by atoms with Gasteiger partial charge in [-0.05, 0) is 6.92 Å². The zero-order chi connectivity index (χ0) is 10.7. The Bertz CT molecular complexity index is 339. The molecule has 0 saturated heterocycles. The second-order valence-corrected chi connectivity index (χ2v) is 3.03. The molecule has 0 unspecified atom stereocenters. The topological polar surface area (TPSA) is 69.2 Å². The van der Waals surface area contributed by atoms with Gasteiger partial charge in [-0.2, -0.15) is 0 Å². The minimum absolute atomic E-state index is 0.0175. The van der Waals surface area contributed by atoms with E-state index in [9.17, 15) is 9.90 Å². The number of aromatic nitrogens is 2. The van der Waals surface area contributed by atoms with E-state index in [0.717, 1.165) is 11.2 Å². The van der Waals surface area contributed by atoms with E-state index >= 15 is 0 Å². The van der Waals surface area contributed by atoms with Crippen LogP contribution in [0, 0.1) is 0 Å². The van der Waals surface area contributed by atoms with Crippen LogP contribution in [0.15, 0.2) is 6.33 Å². The highest BCUT2D eigenvalue weighted by atomic mass is 35.5. The van der Waals surface area contributed by atoms with E-state index in [0.29, 0.717) is 0 Å². The van der Waals surface area contributed by atoms with Crippen LogP contribution >= 0.6 is 23.2 Å². The van der Waals surface area contributed by atoms with Crippen molar-refractivity contribution in [3.05, 3.63) is 16.6 Å². The van der Waals surface area contributed by atoms with E-state index in [-0.39, 0.29) is 22.5 Å². The molecule has 1 rings (SSSR count). The van der Waals surface area contributed by atoms with Gasteiger partial charge in [0.15, 0.2) is 10.3 Å². The summed E-state index contributed by atoms with van der Waals surface area (Å²) < 4.78 is 0. The zero-order valence-corrected chi connectivity index (χ0v) is 8.71. The summed E-state index contributed by atoms with van der Waals surface area (Å²) >= 11 is 11.4. The molecule has 0 aliphatic heterocycles. The number of carbonyl (C=O) groups is 1. The lowest BCUT2D eigenvalue weighted by Gasteiger charge is -2.23. The molecule has 14 heavy (non-hydrogen) atoms. The number of hydrogen-bond donors (Lipinski definition) is 0. The predicted octanol–water partition coefficient (Wildman–Crippen LogP) is 0.953. The number of hydrogen-bond acceptors (Lipinski definition) is 4. The summed E-state index contributed by atoms with van der Waals surface area (Å²) in [6.45, 7) is 1.78. The number of amides is 1. The molecule has 0 aliphatic rings. The summed E-state index contributed by atoms with van der Waals surface area (Å²) in [7, 11) is 0. The van der Waals surface area contributed by atoms with Crippen LogP contribution in [-0.2, 0) is 0 Å². The largest absolute Gasteiger partial charge is 0.530 e. The molecule has 5 nitrogen and oxygen atoms in total. The van der Waals surface area contributed by atoms with Crippen molar-refractivity contribution in [1.82, 2.24) is 9.97 Å². The number of carbonyl (C=O) groups excluding carboxylic acids is 1. The number of carboxylic acid groups (broad SMARTS) is 1. The van der Waals surface area contributed by atoms with Crippen LogP contribution in [0.2, 0.25) is 10.3 Å². The fourth-order valence-corrected chi connectivity index (χ4v) is 1.46. The first-order valence-corrected chi connectivity index (χ1v) is 4.48. The Balaban J connectivity index is 3.22. The van der Waals surface area contributed by atoms with Crippen LogP contribution in [0.25, 0.3) is 0 Å². The van der Waals surface area contributed by atoms with Crippen LogP contribution in [0.5, 0.6) is 0 Å². The standard InChI is InChI=1S/C7H7Cl2N3O2/c1-2-12(7(13)14)4-5(8)10-3-11-6(4)9/h3H,2H2,1H3,(H,13,14)/p-1. The van der Waals surface area contributed by atoms with Gasteiger partial charge in [0.2, 0.25) is 0 Å². The minimum Gasteiger partial charge on any atom is -0.530 e. The molecular formula is C7H6Cl2N3O2-. The van der Waals surface area contributed by atoms with Gasteiger partial charge in [0, 0.05) is 6.54 Å². The van der Waals surface area contributed by atoms with E-state index in [1.54, 1.807) is 6.92 Å². The Morgan fingerprint density at radius 3 is 2.36 bits per heavy atom. The summed E-state index contributed by atoms with van der Waals surface area (Å²) in [5.74, 6) is 0. The average molecular weight is 235 g/mol.